The second-order valence-corrected chi connectivity index (χ2v) is 5.39. The van der Waals surface area contributed by atoms with E-state index in [1.807, 2.05) is 22.2 Å². The minimum atomic E-state index is -0.723. The third-order valence-electron chi connectivity index (χ3n) is 3.36. The summed E-state index contributed by atoms with van der Waals surface area (Å²) in [6.07, 6.45) is 5.04. The number of aliphatic carboxylic acids is 1. The van der Waals surface area contributed by atoms with Crippen molar-refractivity contribution in [2.75, 3.05) is 13.1 Å². The Labute approximate surface area is 102 Å². The standard InChI is InChI=1S/C11H13N3O2S/c15-9(16)11(1-2-12-7-11)5-8-6-14-3-4-17-10(14)13-8/h3-4,6,12H,1-2,5,7H2,(H,15,16). The number of nitrogens with zero attached hydrogens (tertiary/aromatic N) is 2. The van der Waals surface area contributed by atoms with Crippen LogP contribution in [0.5, 0.6) is 0 Å². The van der Waals surface area contributed by atoms with E-state index in [1.54, 1.807) is 11.3 Å². The van der Waals surface area contributed by atoms with E-state index in [4.69, 9.17) is 0 Å². The molecule has 2 aromatic rings. The lowest BCUT2D eigenvalue weighted by atomic mass is 9.82. The molecule has 17 heavy (non-hydrogen) atoms. The van der Waals surface area contributed by atoms with Gasteiger partial charge < -0.3 is 10.4 Å². The van der Waals surface area contributed by atoms with Crippen LogP contribution in [0.1, 0.15) is 12.1 Å². The van der Waals surface area contributed by atoms with Gasteiger partial charge >= 0.3 is 5.97 Å². The molecule has 2 aromatic heterocycles. The Hall–Kier alpha value is -1.40. The second kappa shape index (κ2) is 3.82. The van der Waals surface area contributed by atoms with Gasteiger partial charge in [0.15, 0.2) is 4.96 Å². The number of carbonyl (C=O) groups is 1. The molecule has 0 amide bonds. The minimum absolute atomic E-state index is 0.504. The Balaban J connectivity index is 1.90. The predicted molar refractivity (Wildman–Crippen MR) is 64.3 cm³/mol. The molecule has 3 heterocycles. The monoisotopic (exact) mass is 251 g/mol. The van der Waals surface area contributed by atoms with Crippen LogP contribution < -0.4 is 5.32 Å². The van der Waals surface area contributed by atoms with Gasteiger partial charge in [-0.2, -0.15) is 0 Å². The van der Waals surface area contributed by atoms with Crippen molar-refractivity contribution >= 4 is 22.3 Å². The van der Waals surface area contributed by atoms with Crippen LogP contribution in [-0.4, -0.2) is 33.6 Å². The average Bonchev–Trinajstić information content (AvgIpc) is 2.92. The summed E-state index contributed by atoms with van der Waals surface area (Å²) in [7, 11) is 0. The number of carboxylic acid groups (broad SMARTS) is 1. The third-order valence-corrected chi connectivity index (χ3v) is 4.13. The highest BCUT2D eigenvalue weighted by atomic mass is 32.1. The molecule has 1 atom stereocenters. The number of nitrogens with one attached hydrogen (secondary N) is 1. The summed E-state index contributed by atoms with van der Waals surface area (Å²) < 4.78 is 1.94. The number of aromatic nitrogens is 2. The fourth-order valence-corrected chi connectivity index (χ4v) is 3.08. The van der Waals surface area contributed by atoms with Crippen LogP contribution in [0.25, 0.3) is 4.96 Å². The molecule has 1 aliphatic rings. The third kappa shape index (κ3) is 1.73. The topological polar surface area (TPSA) is 66.6 Å². The molecule has 1 saturated heterocycles. The molecular weight excluding hydrogens is 238 g/mol. The molecule has 0 spiro atoms. The van der Waals surface area contributed by atoms with Crippen molar-refractivity contribution in [1.29, 1.82) is 0 Å². The van der Waals surface area contributed by atoms with Gasteiger partial charge in [0, 0.05) is 30.7 Å². The lowest BCUT2D eigenvalue weighted by molar-refractivity contribution is -0.147. The molecule has 1 fully saturated rings. The first-order valence-corrected chi connectivity index (χ1v) is 6.43. The zero-order chi connectivity index (χ0) is 11.9. The van der Waals surface area contributed by atoms with E-state index in [0.717, 1.165) is 17.2 Å². The SMILES string of the molecule is O=C(O)C1(Cc2cn3ccsc3n2)CCNC1. The molecule has 6 heteroatoms. The molecular formula is C11H13N3O2S. The van der Waals surface area contributed by atoms with Crippen molar-refractivity contribution in [2.45, 2.75) is 12.8 Å². The molecule has 0 radical (unpaired) electrons. The molecule has 0 aromatic carbocycles. The molecule has 0 saturated carbocycles. The molecule has 3 rings (SSSR count). The van der Waals surface area contributed by atoms with Crippen molar-refractivity contribution in [2.24, 2.45) is 5.41 Å². The van der Waals surface area contributed by atoms with Gasteiger partial charge in [0.1, 0.15) is 0 Å². The van der Waals surface area contributed by atoms with Gasteiger partial charge in [-0.05, 0) is 13.0 Å². The van der Waals surface area contributed by atoms with Gasteiger partial charge in [0.25, 0.3) is 0 Å². The predicted octanol–water partition coefficient (Wildman–Crippen LogP) is 1.00. The van der Waals surface area contributed by atoms with Crippen molar-refractivity contribution in [1.82, 2.24) is 14.7 Å². The van der Waals surface area contributed by atoms with Crippen LogP contribution in [0.4, 0.5) is 0 Å². The molecule has 1 aliphatic heterocycles. The maximum atomic E-state index is 11.4. The van der Waals surface area contributed by atoms with E-state index in [0.29, 0.717) is 19.4 Å². The first kappa shape index (κ1) is 10.7. The van der Waals surface area contributed by atoms with E-state index in [1.165, 1.54) is 0 Å². The zero-order valence-electron chi connectivity index (χ0n) is 9.22. The smallest absolute Gasteiger partial charge is 0.311 e. The fraction of sp³-hybridized carbons (Fsp3) is 0.455. The van der Waals surface area contributed by atoms with Crippen LogP contribution in [0.15, 0.2) is 17.8 Å². The number of carboxylic acids is 1. The van der Waals surface area contributed by atoms with E-state index < -0.39 is 11.4 Å². The molecule has 0 bridgehead atoms. The van der Waals surface area contributed by atoms with Gasteiger partial charge in [0.05, 0.1) is 11.1 Å². The summed E-state index contributed by atoms with van der Waals surface area (Å²) in [5, 5.41) is 14.5. The Morgan fingerprint density at radius 2 is 2.59 bits per heavy atom. The number of rotatable bonds is 3. The summed E-state index contributed by atoms with van der Waals surface area (Å²) in [5.41, 5.74) is 0.187. The van der Waals surface area contributed by atoms with Crippen LogP contribution in [-0.2, 0) is 11.2 Å². The quantitative estimate of drug-likeness (QED) is 0.854. The Kier molecular flexibility index (Phi) is 2.41. The van der Waals surface area contributed by atoms with E-state index in [2.05, 4.69) is 10.3 Å². The number of hydrogen-bond donors (Lipinski definition) is 2. The van der Waals surface area contributed by atoms with Crippen molar-refractivity contribution in [3.8, 4) is 0 Å². The normalized spacial score (nSPS) is 24.5. The highest BCUT2D eigenvalue weighted by Crippen LogP contribution is 2.30. The summed E-state index contributed by atoms with van der Waals surface area (Å²) >= 11 is 1.56. The van der Waals surface area contributed by atoms with Crippen molar-refractivity contribution in [3.05, 3.63) is 23.5 Å². The largest absolute Gasteiger partial charge is 0.481 e. The van der Waals surface area contributed by atoms with Crippen LogP contribution >= 0.6 is 11.3 Å². The fourth-order valence-electron chi connectivity index (χ4n) is 2.36. The Bertz CT molecular complexity index is 525. The second-order valence-electron chi connectivity index (χ2n) is 4.51. The molecule has 90 valence electrons. The van der Waals surface area contributed by atoms with Gasteiger partial charge in [-0.3, -0.25) is 9.20 Å². The van der Waals surface area contributed by atoms with Crippen molar-refractivity contribution in [3.63, 3.8) is 0 Å². The summed E-state index contributed by atoms with van der Waals surface area (Å²) in [6, 6.07) is 0. The number of imidazole rings is 1. The maximum absolute atomic E-state index is 11.4. The lowest BCUT2D eigenvalue weighted by Crippen LogP contribution is -2.35. The van der Waals surface area contributed by atoms with Gasteiger partial charge in [-0.25, -0.2) is 4.98 Å². The van der Waals surface area contributed by atoms with E-state index in [9.17, 15) is 9.90 Å². The molecule has 0 aliphatic carbocycles. The lowest BCUT2D eigenvalue weighted by Gasteiger charge is -2.21. The number of fused-ring (bicyclic) bond motifs is 1. The Morgan fingerprint density at radius 1 is 1.71 bits per heavy atom. The molecule has 1 unspecified atom stereocenters. The van der Waals surface area contributed by atoms with Gasteiger partial charge in [-0.1, -0.05) is 0 Å². The minimum Gasteiger partial charge on any atom is -0.481 e. The van der Waals surface area contributed by atoms with Gasteiger partial charge in [0.2, 0.25) is 0 Å². The summed E-state index contributed by atoms with van der Waals surface area (Å²) in [4.78, 5) is 16.8. The molecule has 5 nitrogen and oxygen atoms in total. The average molecular weight is 251 g/mol. The Morgan fingerprint density at radius 3 is 3.24 bits per heavy atom. The number of thiazole rings is 1. The maximum Gasteiger partial charge on any atom is 0.311 e. The first-order chi connectivity index (χ1) is 8.20. The zero-order valence-corrected chi connectivity index (χ0v) is 10.0. The van der Waals surface area contributed by atoms with Crippen LogP contribution in [0, 0.1) is 5.41 Å². The van der Waals surface area contributed by atoms with Crippen LogP contribution in [0.3, 0.4) is 0 Å². The number of hydrogen-bond acceptors (Lipinski definition) is 4. The van der Waals surface area contributed by atoms with Gasteiger partial charge in [-0.15, -0.1) is 11.3 Å². The molecule has 2 N–H and O–H groups in total. The highest BCUT2D eigenvalue weighted by Gasteiger charge is 2.42. The summed E-state index contributed by atoms with van der Waals surface area (Å²) in [6.45, 7) is 1.31. The summed E-state index contributed by atoms with van der Waals surface area (Å²) in [5.74, 6) is -0.723. The first-order valence-electron chi connectivity index (χ1n) is 5.55. The van der Waals surface area contributed by atoms with Crippen LogP contribution in [0.2, 0.25) is 0 Å². The highest BCUT2D eigenvalue weighted by molar-refractivity contribution is 7.15. The van der Waals surface area contributed by atoms with E-state index >= 15 is 0 Å². The van der Waals surface area contributed by atoms with E-state index in [-0.39, 0.29) is 0 Å². The van der Waals surface area contributed by atoms with Crippen molar-refractivity contribution < 1.29 is 9.90 Å².